The Hall–Kier alpha value is -0.660. The van der Waals surface area contributed by atoms with Crippen LogP contribution in [-0.4, -0.2) is 17.6 Å². The molecule has 0 radical (unpaired) electrons. The van der Waals surface area contributed by atoms with E-state index in [4.69, 9.17) is 0 Å². The fraction of sp³-hybridized carbons (Fsp3) is 0.778. The average molecular weight is 152 g/mol. The molecular weight excluding hydrogens is 136 g/mol. The first kappa shape index (κ1) is 7.01. The smallest absolute Gasteiger partial charge is 0.0870 e. The van der Waals surface area contributed by atoms with Gasteiger partial charge in [-0.2, -0.15) is 0 Å². The summed E-state index contributed by atoms with van der Waals surface area (Å²) in [4.78, 5) is 2.43. The van der Waals surface area contributed by atoms with Crippen molar-refractivity contribution in [3.05, 3.63) is 12.4 Å². The Kier molecular flexibility index (Phi) is 2.01. The van der Waals surface area contributed by atoms with Crippen LogP contribution < -0.4 is 5.32 Å². The molecule has 1 aliphatic carbocycles. The second kappa shape index (κ2) is 3.16. The maximum atomic E-state index is 3.21. The van der Waals surface area contributed by atoms with E-state index in [1.165, 1.54) is 32.1 Å². The summed E-state index contributed by atoms with van der Waals surface area (Å²) in [6.07, 6.45) is 11.3. The minimum atomic E-state index is 0.829. The maximum absolute atomic E-state index is 3.21. The number of rotatable bonds is 1. The highest BCUT2D eigenvalue weighted by Gasteiger charge is 2.19. The fourth-order valence-electron chi connectivity index (χ4n) is 2.02. The Labute approximate surface area is 68.3 Å². The number of nitrogens with one attached hydrogen (secondary N) is 1. The van der Waals surface area contributed by atoms with Gasteiger partial charge in [-0.3, -0.25) is 0 Å². The second-order valence-corrected chi connectivity index (χ2v) is 3.48. The van der Waals surface area contributed by atoms with Crippen LogP contribution in [0, 0.1) is 0 Å². The summed E-state index contributed by atoms with van der Waals surface area (Å²) >= 11 is 0. The predicted octanol–water partition coefficient (Wildman–Crippen LogP) is 1.65. The average Bonchev–Trinajstić information content (AvgIpc) is 2.58. The lowest BCUT2D eigenvalue weighted by atomic mass is 9.95. The molecule has 0 atom stereocenters. The third-order valence-corrected chi connectivity index (χ3v) is 2.70. The number of nitrogens with zero attached hydrogens (tertiary/aromatic N) is 1. The molecule has 0 aromatic rings. The number of hydrogen-bond donors (Lipinski definition) is 1. The lowest BCUT2D eigenvalue weighted by Gasteiger charge is -2.30. The first-order chi connectivity index (χ1) is 5.47. The molecule has 2 heteroatoms. The van der Waals surface area contributed by atoms with Gasteiger partial charge in [-0.1, -0.05) is 19.3 Å². The largest absolute Gasteiger partial charge is 0.373 e. The van der Waals surface area contributed by atoms with Crippen molar-refractivity contribution in [1.82, 2.24) is 10.2 Å². The topological polar surface area (TPSA) is 15.3 Å². The molecule has 0 unspecified atom stereocenters. The third-order valence-electron chi connectivity index (χ3n) is 2.70. The molecule has 1 aliphatic heterocycles. The molecule has 1 N–H and O–H groups in total. The van der Waals surface area contributed by atoms with Crippen molar-refractivity contribution in [3.8, 4) is 0 Å². The fourth-order valence-corrected chi connectivity index (χ4v) is 2.02. The zero-order valence-corrected chi connectivity index (χ0v) is 6.92. The summed E-state index contributed by atoms with van der Waals surface area (Å²) in [5, 5.41) is 3.21. The van der Waals surface area contributed by atoms with Crippen molar-refractivity contribution in [2.75, 3.05) is 6.67 Å². The normalized spacial score (nSPS) is 25.6. The molecular formula is C9H16N2. The zero-order valence-electron chi connectivity index (χ0n) is 6.92. The predicted molar refractivity (Wildman–Crippen MR) is 45.9 cm³/mol. The van der Waals surface area contributed by atoms with E-state index < -0.39 is 0 Å². The van der Waals surface area contributed by atoms with Crippen molar-refractivity contribution < 1.29 is 0 Å². The maximum Gasteiger partial charge on any atom is 0.0870 e. The minimum Gasteiger partial charge on any atom is -0.373 e. The van der Waals surface area contributed by atoms with Crippen LogP contribution >= 0.6 is 0 Å². The van der Waals surface area contributed by atoms with Crippen molar-refractivity contribution in [3.63, 3.8) is 0 Å². The first-order valence-corrected chi connectivity index (χ1v) is 4.62. The Morgan fingerprint density at radius 2 is 2.00 bits per heavy atom. The van der Waals surface area contributed by atoms with Crippen LogP contribution in [0.15, 0.2) is 12.4 Å². The highest BCUT2D eigenvalue weighted by Crippen LogP contribution is 2.22. The molecule has 1 heterocycles. The lowest BCUT2D eigenvalue weighted by Crippen LogP contribution is -2.33. The zero-order chi connectivity index (χ0) is 7.52. The van der Waals surface area contributed by atoms with E-state index in [9.17, 15) is 0 Å². The molecule has 0 bridgehead atoms. The molecule has 0 amide bonds. The van der Waals surface area contributed by atoms with Gasteiger partial charge in [0.25, 0.3) is 0 Å². The molecule has 2 nitrogen and oxygen atoms in total. The standard InChI is InChI=1S/C9H16N2/c1-2-4-9(5-3-1)11-7-6-10-8-11/h6-7,9-10H,1-5,8H2. The van der Waals surface area contributed by atoms with Crippen LogP contribution in [-0.2, 0) is 0 Å². The minimum absolute atomic E-state index is 0.829. The lowest BCUT2D eigenvalue weighted by molar-refractivity contribution is 0.225. The van der Waals surface area contributed by atoms with Gasteiger partial charge in [0, 0.05) is 18.4 Å². The molecule has 1 saturated carbocycles. The highest BCUT2D eigenvalue weighted by molar-refractivity contribution is 4.92. The summed E-state index contributed by atoms with van der Waals surface area (Å²) in [5.41, 5.74) is 0. The summed E-state index contributed by atoms with van der Waals surface area (Å²) in [6, 6.07) is 0.829. The SMILES string of the molecule is C1=CN(C2CCCCC2)CN1. The van der Waals surface area contributed by atoms with E-state index in [2.05, 4.69) is 22.6 Å². The van der Waals surface area contributed by atoms with Crippen molar-refractivity contribution >= 4 is 0 Å². The van der Waals surface area contributed by atoms with Crippen molar-refractivity contribution in [1.29, 1.82) is 0 Å². The third kappa shape index (κ3) is 1.50. The van der Waals surface area contributed by atoms with Gasteiger partial charge in [-0.05, 0) is 12.8 Å². The summed E-state index contributed by atoms with van der Waals surface area (Å²) < 4.78 is 0. The highest BCUT2D eigenvalue weighted by atomic mass is 15.3. The van der Waals surface area contributed by atoms with E-state index in [0.29, 0.717) is 0 Å². The number of hydrogen-bond acceptors (Lipinski definition) is 2. The molecule has 0 aromatic carbocycles. The van der Waals surface area contributed by atoms with Gasteiger partial charge in [0.15, 0.2) is 0 Å². The van der Waals surface area contributed by atoms with E-state index in [-0.39, 0.29) is 0 Å². The van der Waals surface area contributed by atoms with Crippen LogP contribution in [0.1, 0.15) is 32.1 Å². The van der Waals surface area contributed by atoms with Crippen LogP contribution in [0.5, 0.6) is 0 Å². The van der Waals surface area contributed by atoms with Gasteiger partial charge in [-0.15, -0.1) is 0 Å². The second-order valence-electron chi connectivity index (χ2n) is 3.48. The quantitative estimate of drug-likeness (QED) is 0.614. The Morgan fingerprint density at radius 3 is 2.64 bits per heavy atom. The molecule has 62 valence electrons. The Morgan fingerprint density at radius 1 is 1.18 bits per heavy atom. The van der Waals surface area contributed by atoms with Gasteiger partial charge in [0.1, 0.15) is 0 Å². The van der Waals surface area contributed by atoms with Crippen LogP contribution in [0.4, 0.5) is 0 Å². The van der Waals surface area contributed by atoms with Crippen molar-refractivity contribution in [2.45, 2.75) is 38.1 Å². The van der Waals surface area contributed by atoms with E-state index in [0.717, 1.165) is 12.7 Å². The molecule has 11 heavy (non-hydrogen) atoms. The summed E-state index contributed by atoms with van der Waals surface area (Å²) in [6.45, 7) is 1.03. The molecule has 2 rings (SSSR count). The van der Waals surface area contributed by atoms with Gasteiger partial charge in [0.05, 0.1) is 6.67 Å². The first-order valence-electron chi connectivity index (χ1n) is 4.62. The van der Waals surface area contributed by atoms with E-state index in [1.54, 1.807) is 0 Å². The molecule has 0 saturated heterocycles. The van der Waals surface area contributed by atoms with E-state index in [1.807, 2.05) is 0 Å². The van der Waals surface area contributed by atoms with E-state index >= 15 is 0 Å². The van der Waals surface area contributed by atoms with Crippen LogP contribution in [0.2, 0.25) is 0 Å². The van der Waals surface area contributed by atoms with Crippen LogP contribution in [0.25, 0.3) is 0 Å². The summed E-state index contributed by atoms with van der Waals surface area (Å²) in [7, 11) is 0. The Balaban J connectivity index is 1.87. The summed E-state index contributed by atoms with van der Waals surface area (Å²) in [5.74, 6) is 0. The van der Waals surface area contributed by atoms with Gasteiger partial charge >= 0.3 is 0 Å². The van der Waals surface area contributed by atoms with Crippen LogP contribution in [0.3, 0.4) is 0 Å². The molecule has 1 fully saturated rings. The van der Waals surface area contributed by atoms with Crippen molar-refractivity contribution in [2.24, 2.45) is 0 Å². The Bertz CT molecular complexity index is 148. The molecule has 0 spiro atoms. The van der Waals surface area contributed by atoms with Gasteiger partial charge in [-0.25, -0.2) is 0 Å². The van der Waals surface area contributed by atoms with Gasteiger partial charge in [0.2, 0.25) is 0 Å². The molecule has 0 aromatic heterocycles. The van der Waals surface area contributed by atoms with Gasteiger partial charge < -0.3 is 10.2 Å². The monoisotopic (exact) mass is 152 g/mol. The molecule has 2 aliphatic rings.